The molecule has 0 spiro atoms. The molecule has 4 rings (SSSR count). The highest BCUT2D eigenvalue weighted by atomic mass is 16.5. The first-order valence-electron chi connectivity index (χ1n) is 11.1. The third kappa shape index (κ3) is 4.87. The first-order valence-corrected chi connectivity index (χ1v) is 11.1. The summed E-state index contributed by atoms with van der Waals surface area (Å²) < 4.78 is 7.58. The van der Waals surface area contributed by atoms with Gasteiger partial charge in [-0.05, 0) is 63.2 Å². The molecule has 1 aliphatic heterocycles. The summed E-state index contributed by atoms with van der Waals surface area (Å²) in [5.41, 5.74) is 6.94. The number of nitrogens with one attached hydrogen (secondary N) is 1. The number of fused-ring (bicyclic) bond motifs is 1. The molecule has 1 N–H and O–H groups in total. The molecular weight excluding hydrogens is 386 g/mol. The minimum Gasteiger partial charge on any atom is -0.377 e. The lowest BCUT2D eigenvalue weighted by atomic mass is 9.97. The molecule has 6 heteroatoms. The maximum atomic E-state index is 5.55. The van der Waals surface area contributed by atoms with E-state index in [0.29, 0.717) is 6.61 Å². The van der Waals surface area contributed by atoms with Crippen LogP contribution in [0.15, 0.2) is 42.6 Å². The van der Waals surface area contributed by atoms with Crippen molar-refractivity contribution in [3.8, 4) is 11.3 Å². The standard InChI is InChI=1S/C25H33N5O/c1-18(2)30-25-23(16-27-30)22(20-8-12-31-13-9-20)15-24(28-25)21-7-5-6-19(14-21)17-29(4)11-10-26-3/h5-8,14-16,18,26H,9-13,17H2,1-4H3. The molecule has 0 bridgehead atoms. The number of likely N-dealkylation sites (N-methyl/N-ethyl adjacent to an activating group) is 2. The average Bonchev–Trinajstić information content (AvgIpc) is 3.22. The Morgan fingerprint density at radius 1 is 1.26 bits per heavy atom. The van der Waals surface area contributed by atoms with E-state index in [1.54, 1.807) is 0 Å². The SMILES string of the molecule is CNCCN(C)Cc1cccc(-c2cc(C3=CCOCC3)c3cnn(C(C)C)c3n2)c1. The van der Waals surface area contributed by atoms with Crippen LogP contribution in [0.4, 0.5) is 0 Å². The molecule has 31 heavy (non-hydrogen) atoms. The zero-order valence-corrected chi connectivity index (χ0v) is 19.1. The summed E-state index contributed by atoms with van der Waals surface area (Å²) in [5, 5.41) is 8.99. The Kier molecular flexibility index (Phi) is 6.80. The molecule has 1 aliphatic rings. The molecule has 0 saturated carbocycles. The highest BCUT2D eigenvalue weighted by Gasteiger charge is 2.18. The molecule has 0 saturated heterocycles. The molecular formula is C25H33N5O. The molecule has 6 nitrogen and oxygen atoms in total. The number of rotatable bonds is 8. The van der Waals surface area contributed by atoms with E-state index >= 15 is 0 Å². The Morgan fingerprint density at radius 3 is 2.87 bits per heavy atom. The maximum Gasteiger partial charge on any atom is 0.159 e. The summed E-state index contributed by atoms with van der Waals surface area (Å²) in [6.07, 6.45) is 5.08. The van der Waals surface area contributed by atoms with Crippen LogP contribution < -0.4 is 5.32 Å². The van der Waals surface area contributed by atoms with Crippen LogP contribution >= 0.6 is 0 Å². The number of benzene rings is 1. The molecule has 0 atom stereocenters. The summed E-state index contributed by atoms with van der Waals surface area (Å²) in [7, 11) is 4.15. The highest BCUT2D eigenvalue weighted by molar-refractivity contribution is 5.92. The van der Waals surface area contributed by atoms with Crippen molar-refractivity contribution in [3.63, 3.8) is 0 Å². The summed E-state index contributed by atoms with van der Waals surface area (Å²) in [5.74, 6) is 0. The quantitative estimate of drug-likeness (QED) is 0.595. The molecule has 0 radical (unpaired) electrons. The summed E-state index contributed by atoms with van der Waals surface area (Å²) in [4.78, 5) is 7.40. The van der Waals surface area contributed by atoms with Gasteiger partial charge in [0.05, 0.1) is 25.1 Å². The largest absolute Gasteiger partial charge is 0.377 e. The van der Waals surface area contributed by atoms with E-state index in [-0.39, 0.29) is 6.04 Å². The first-order chi connectivity index (χ1) is 15.1. The molecule has 164 valence electrons. The van der Waals surface area contributed by atoms with Crippen molar-refractivity contribution < 1.29 is 4.74 Å². The summed E-state index contributed by atoms with van der Waals surface area (Å²) in [6, 6.07) is 11.2. The van der Waals surface area contributed by atoms with Gasteiger partial charge >= 0.3 is 0 Å². The van der Waals surface area contributed by atoms with Gasteiger partial charge in [-0.15, -0.1) is 0 Å². The van der Waals surface area contributed by atoms with Crippen molar-refractivity contribution in [3.05, 3.63) is 53.7 Å². The Labute approximate surface area is 184 Å². The van der Waals surface area contributed by atoms with Crippen LogP contribution in [0.2, 0.25) is 0 Å². The van der Waals surface area contributed by atoms with E-state index in [0.717, 1.165) is 55.0 Å². The zero-order chi connectivity index (χ0) is 21.8. The lowest BCUT2D eigenvalue weighted by Crippen LogP contribution is -2.26. The number of hydrogen-bond donors (Lipinski definition) is 1. The topological polar surface area (TPSA) is 55.2 Å². The molecule has 0 amide bonds. The maximum absolute atomic E-state index is 5.55. The smallest absolute Gasteiger partial charge is 0.159 e. The Morgan fingerprint density at radius 2 is 2.13 bits per heavy atom. The molecule has 3 aromatic rings. The van der Waals surface area contributed by atoms with Gasteiger partial charge in [-0.2, -0.15) is 5.10 Å². The van der Waals surface area contributed by atoms with Gasteiger partial charge in [0.2, 0.25) is 0 Å². The predicted molar refractivity (Wildman–Crippen MR) is 127 cm³/mol. The second-order valence-electron chi connectivity index (χ2n) is 8.57. The van der Waals surface area contributed by atoms with E-state index in [1.807, 2.05) is 17.9 Å². The van der Waals surface area contributed by atoms with E-state index in [2.05, 4.69) is 72.6 Å². The number of aromatic nitrogens is 3. The minimum atomic E-state index is 0.254. The van der Waals surface area contributed by atoms with Crippen molar-refractivity contribution in [2.24, 2.45) is 0 Å². The van der Waals surface area contributed by atoms with E-state index in [1.165, 1.54) is 16.7 Å². The van der Waals surface area contributed by atoms with Gasteiger partial charge in [0.25, 0.3) is 0 Å². The highest BCUT2D eigenvalue weighted by Crippen LogP contribution is 2.33. The number of ether oxygens (including phenoxy) is 1. The van der Waals surface area contributed by atoms with Gasteiger partial charge in [-0.1, -0.05) is 24.3 Å². The van der Waals surface area contributed by atoms with Crippen LogP contribution in [0.5, 0.6) is 0 Å². The third-order valence-electron chi connectivity index (χ3n) is 5.78. The normalized spacial score (nSPS) is 14.6. The van der Waals surface area contributed by atoms with Crippen LogP contribution in [0.25, 0.3) is 27.9 Å². The Bertz CT molecular complexity index is 1070. The third-order valence-corrected chi connectivity index (χ3v) is 5.78. The van der Waals surface area contributed by atoms with Crippen LogP contribution in [-0.2, 0) is 11.3 Å². The molecule has 0 unspecified atom stereocenters. The molecule has 3 heterocycles. The van der Waals surface area contributed by atoms with Gasteiger partial charge in [0.1, 0.15) is 0 Å². The fraction of sp³-hybridized carbons (Fsp3) is 0.440. The zero-order valence-electron chi connectivity index (χ0n) is 19.1. The lowest BCUT2D eigenvalue weighted by molar-refractivity contribution is 0.161. The van der Waals surface area contributed by atoms with Crippen molar-refractivity contribution >= 4 is 16.6 Å². The van der Waals surface area contributed by atoms with Gasteiger partial charge < -0.3 is 15.0 Å². The molecule has 2 aromatic heterocycles. The fourth-order valence-corrected chi connectivity index (χ4v) is 4.10. The number of pyridine rings is 1. The van der Waals surface area contributed by atoms with Crippen LogP contribution in [-0.4, -0.2) is 60.1 Å². The number of hydrogen-bond acceptors (Lipinski definition) is 5. The van der Waals surface area contributed by atoms with Crippen LogP contribution in [0.1, 0.15) is 37.4 Å². The summed E-state index contributed by atoms with van der Waals surface area (Å²) in [6.45, 7) is 8.64. The Hall–Kier alpha value is -2.54. The molecule has 0 fully saturated rings. The van der Waals surface area contributed by atoms with Gasteiger partial charge in [-0.25, -0.2) is 9.67 Å². The lowest BCUT2D eigenvalue weighted by Gasteiger charge is -2.18. The van der Waals surface area contributed by atoms with Crippen molar-refractivity contribution in [2.45, 2.75) is 32.9 Å². The van der Waals surface area contributed by atoms with Crippen molar-refractivity contribution in [1.82, 2.24) is 25.0 Å². The average molecular weight is 420 g/mol. The second-order valence-corrected chi connectivity index (χ2v) is 8.57. The predicted octanol–water partition coefficient (Wildman–Crippen LogP) is 4.13. The fourth-order valence-electron chi connectivity index (χ4n) is 4.10. The van der Waals surface area contributed by atoms with Crippen LogP contribution in [0, 0.1) is 0 Å². The van der Waals surface area contributed by atoms with E-state index < -0.39 is 0 Å². The van der Waals surface area contributed by atoms with E-state index in [9.17, 15) is 0 Å². The van der Waals surface area contributed by atoms with Crippen LogP contribution in [0.3, 0.4) is 0 Å². The van der Waals surface area contributed by atoms with Gasteiger partial charge in [-0.3, -0.25) is 0 Å². The minimum absolute atomic E-state index is 0.254. The number of nitrogens with zero attached hydrogens (tertiary/aromatic N) is 4. The van der Waals surface area contributed by atoms with Gasteiger partial charge in [0, 0.05) is 36.6 Å². The van der Waals surface area contributed by atoms with Crippen molar-refractivity contribution in [1.29, 1.82) is 0 Å². The second kappa shape index (κ2) is 9.73. The van der Waals surface area contributed by atoms with Gasteiger partial charge in [0.15, 0.2) is 5.65 Å². The summed E-state index contributed by atoms with van der Waals surface area (Å²) >= 11 is 0. The Balaban J connectivity index is 1.76. The van der Waals surface area contributed by atoms with Crippen molar-refractivity contribution in [2.75, 3.05) is 40.4 Å². The van der Waals surface area contributed by atoms with E-state index in [4.69, 9.17) is 9.72 Å². The monoisotopic (exact) mass is 419 g/mol. The first kappa shape index (κ1) is 21.7. The molecule has 1 aromatic carbocycles. The molecule has 0 aliphatic carbocycles.